The van der Waals surface area contributed by atoms with Gasteiger partial charge in [0.1, 0.15) is 0 Å². The van der Waals surface area contributed by atoms with Gasteiger partial charge < -0.3 is 0 Å². The molecule has 1 aromatic heterocycles. The van der Waals surface area contributed by atoms with Gasteiger partial charge in [0.15, 0.2) is 0 Å². The first-order valence-corrected chi connectivity index (χ1v) is 11.7. The Kier molecular flexibility index (Phi) is 5.76. The molecule has 5 rings (SSSR count). The number of rotatable bonds is 5. The van der Waals surface area contributed by atoms with Gasteiger partial charge in [-0.2, -0.15) is 0 Å². The van der Waals surface area contributed by atoms with Crippen LogP contribution in [0.5, 0.6) is 0 Å². The zero-order valence-corrected chi connectivity index (χ0v) is 20.6. The maximum absolute atomic E-state index is 13.1. The molecule has 180 valence electrons. The van der Waals surface area contributed by atoms with E-state index < -0.39 is 0 Å². The van der Waals surface area contributed by atoms with E-state index in [9.17, 15) is 14.4 Å². The summed E-state index contributed by atoms with van der Waals surface area (Å²) in [6.07, 6.45) is 1.56. The molecule has 3 aromatic carbocycles. The first-order valence-electron chi connectivity index (χ1n) is 11.7. The third-order valence-corrected chi connectivity index (χ3v) is 6.59. The number of fused-ring (bicyclic) bond motifs is 1. The molecule has 0 unspecified atom stereocenters. The number of carbonyl (C=O) groups is 2. The van der Waals surface area contributed by atoms with E-state index in [4.69, 9.17) is 0 Å². The van der Waals surface area contributed by atoms with Gasteiger partial charge in [0.2, 0.25) is 0 Å². The molecule has 7 nitrogen and oxygen atoms in total. The second-order valence-electron chi connectivity index (χ2n) is 9.19. The van der Waals surface area contributed by atoms with Crippen molar-refractivity contribution >= 4 is 23.7 Å². The largest absolute Gasteiger partial charge is 0.295 e. The molecule has 2 amide bonds. The Morgan fingerprint density at radius 3 is 2.19 bits per heavy atom. The molecule has 0 fully saturated rings. The van der Waals surface area contributed by atoms with E-state index >= 15 is 0 Å². The highest BCUT2D eigenvalue weighted by molar-refractivity contribution is 6.21. The van der Waals surface area contributed by atoms with E-state index in [1.165, 1.54) is 9.58 Å². The van der Waals surface area contributed by atoms with Gasteiger partial charge in [-0.05, 0) is 74.7 Å². The van der Waals surface area contributed by atoms with Gasteiger partial charge in [0, 0.05) is 11.9 Å². The second-order valence-corrected chi connectivity index (χ2v) is 9.19. The number of aromatic amines is 1. The number of aryl methyl sites for hydroxylation is 4. The van der Waals surface area contributed by atoms with Crippen LogP contribution in [-0.2, 0) is 6.54 Å². The van der Waals surface area contributed by atoms with Crippen LogP contribution in [0.1, 0.15) is 54.2 Å². The van der Waals surface area contributed by atoms with E-state index in [2.05, 4.69) is 10.1 Å². The van der Waals surface area contributed by atoms with Crippen molar-refractivity contribution in [2.75, 3.05) is 0 Å². The van der Waals surface area contributed by atoms with Crippen LogP contribution in [0.2, 0.25) is 0 Å². The number of benzene rings is 3. The normalized spacial score (nSPS) is 13.2. The summed E-state index contributed by atoms with van der Waals surface area (Å²) in [5, 5.41) is 3.14. The van der Waals surface area contributed by atoms with Crippen LogP contribution in [0.4, 0.5) is 5.69 Å². The van der Waals surface area contributed by atoms with E-state index in [0.717, 1.165) is 27.9 Å². The van der Waals surface area contributed by atoms with Crippen molar-refractivity contribution < 1.29 is 9.59 Å². The Hall–Kier alpha value is -4.52. The molecular formula is C29H26N4O3. The first kappa shape index (κ1) is 23.2. The summed E-state index contributed by atoms with van der Waals surface area (Å²) in [5.41, 5.74) is 7.18. The zero-order valence-electron chi connectivity index (χ0n) is 20.6. The van der Waals surface area contributed by atoms with Crippen molar-refractivity contribution in [1.29, 1.82) is 0 Å². The fourth-order valence-corrected chi connectivity index (χ4v) is 4.54. The molecule has 0 aliphatic carbocycles. The number of imide groups is 1. The fraction of sp³-hybridized carbons (Fsp3) is 0.172. The molecule has 0 saturated carbocycles. The lowest BCUT2D eigenvalue weighted by Gasteiger charge is -2.16. The third-order valence-electron chi connectivity index (χ3n) is 6.59. The Labute approximate surface area is 208 Å². The number of amides is 2. The molecule has 1 N–H and O–H groups in total. The minimum Gasteiger partial charge on any atom is -0.295 e. The summed E-state index contributed by atoms with van der Waals surface area (Å²) >= 11 is 0. The van der Waals surface area contributed by atoms with Crippen LogP contribution in [0.25, 0.3) is 5.69 Å². The van der Waals surface area contributed by atoms with Crippen molar-refractivity contribution in [1.82, 2.24) is 14.7 Å². The molecule has 1 aliphatic heterocycles. The van der Waals surface area contributed by atoms with Crippen LogP contribution >= 0.6 is 0 Å². The third kappa shape index (κ3) is 3.98. The van der Waals surface area contributed by atoms with Crippen molar-refractivity contribution in [2.45, 2.75) is 34.2 Å². The summed E-state index contributed by atoms with van der Waals surface area (Å²) < 4.78 is 1.54. The summed E-state index contributed by atoms with van der Waals surface area (Å²) in [7, 11) is 0. The number of hydrogen-bond donors (Lipinski definition) is 1. The number of aliphatic imine (C=N–C) groups is 1. The van der Waals surface area contributed by atoms with Crippen molar-refractivity contribution in [3.05, 3.63) is 116 Å². The van der Waals surface area contributed by atoms with E-state index in [-0.39, 0.29) is 23.9 Å². The van der Waals surface area contributed by atoms with Crippen molar-refractivity contribution in [3.63, 3.8) is 0 Å². The number of hydrogen-bond acceptors (Lipinski definition) is 4. The predicted octanol–water partition coefficient (Wildman–Crippen LogP) is 4.95. The van der Waals surface area contributed by atoms with Gasteiger partial charge in [-0.3, -0.25) is 29.4 Å². The monoisotopic (exact) mass is 478 g/mol. The number of aromatic nitrogens is 2. The number of H-pyrrole nitrogens is 1. The van der Waals surface area contributed by atoms with E-state index in [1.807, 2.05) is 64.1 Å². The van der Waals surface area contributed by atoms with Gasteiger partial charge in [-0.15, -0.1) is 0 Å². The minimum atomic E-state index is -0.293. The average Bonchev–Trinajstić information content (AvgIpc) is 3.27. The molecule has 1 aliphatic rings. The van der Waals surface area contributed by atoms with E-state index in [0.29, 0.717) is 28.1 Å². The lowest BCUT2D eigenvalue weighted by Crippen LogP contribution is -2.29. The first-order chi connectivity index (χ1) is 17.2. The van der Waals surface area contributed by atoms with Gasteiger partial charge in [0.25, 0.3) is 17.4 Å². The van der Waals surface area contributed by atoms with Crippen LogP contribution in [-0.4, -0.2) is 32.7 Å². The lowest BCUT2D eigenvalue weighted by atomic mass is 10.1. The van der Waals surface area contributed by atoms with Gasteiger partial charge in [0.05, 0.1) is 34.6 Å². The predicted molar refractivity (Wildman–Crippen MR) is 140 cm³/mol. The van der Waals surface area contributed by atoms with Gasteiger partial charge in [-0.25, -0.2) is 4.68 Å². The molecule has 36 heavy (non-hydrogen) atoms. The molecular weight excluding hydrogens is 452 g/mol. The standard InChI is InChI=1S/C29H26N4O3/c1-17-9-12-26(19(3)13-17)33-29(36)25(20(4)31-33)15-30-22-11-10-18(2)21(14-22)16-32-27(34)23-7-5-6-8-24(23)28(32)35/h5-15,31H,16H2,1-4H3. The highest BCUT2D eigenvalue weighted by atomic mass is 16.2. The van der Waals surface area contributed by atoms with Gasteiger partial charge >= 0.3 is 0 Å². The zero-order chi connectivity index (χ0) is 25.6. The minimum absolute atomic E-state index is 0.157. The molecule has 0 radical (unpaired) electrons. The summed E-state index contributed by atoms with van der Waals surface area (Å²) in [4.78, 5) is 44.5. The van der Waals surface area contributed by atoms with Gasteiger partial charge in [-0.1, -0.05) is 35.9 Å². The second kappa shape index (κ2) is 8.92. The quantitative estimate of drug-likeness (QED) is 0.325. The smallest absolute Gasteiger partial charge is 0.280 e. The molecule has 4 aromatic rings. The summed E-state index contributed by atoms with van der Waals surface area (Å²) in [5.74, 6) is -0.586. The molecule has 0 atom stereocenters. The van der Waals surface area contributed by atoms with Crippen LogP contribution < -0.4 is 5.56 Å². The van der Waals surface area contributed by atoms with Crippen molar-refractivity contribution in [2.24, 2.45) is 4.99 Å². The number of nitrogens with one attached hydrogen (secondary N) is 1. The maximum Gasteiger partial charge on any atom is 0.280 e. The molecule has 0 spiro atoms. The molecule has 7 heteroatoms. The maximum atomic E-state index is 13.1. The Morgan fingerprint density at radius 1 is 0.833 bits per heavy atom. The number of carbonyl (C=O) groups excluding carboxylic acids is 2. The topological polar surface area (TPSA) is 87.5 Å². The SMILES string of the molecule is Cc1ccc(-n2[nH]c(C)c(C=Nc3ccc(C)c(CN4C(=O)c5ccccc5C4=O)c3)c2=O)c(C)c1. The highest BCUT2D eigenvalue weighted by Crippen LogP contribution is 2.27. The van der Waals surface area contributed by atoms with Crippen LogP contribution in [0.3, 0.4) is 0 Å². The van der Waals surface area contributed by atoms with Crippen LogP contribution in [0.15, 0.2) is 70.5 Å². The Bertz CT molecular complexity index is 1590. The lowest BCUT2D eigenvalue weighted by molar-refractivity contribution is 0.0642. The fourth-order valence-electron chi connectivity index (χ4n) is 4.54. The molecule has 2 heterocycles. The summed E-state index contributed by atoms with van der Waals surface area (Å²) in [6, 6.07) is 18.4. The Morgan fingerprint density at radius 2 is 1.53 bits per heavy atom. The average molecular weight is 479 g/mol. The van der Waals surface area contributed by atoms with Crippen molar-refractivity contribution in [3.8, 4) is 5.69 Å². The Balaban J connectivity index is 1.42. The van der Waals surface area contributed by atoms with E-state index in [1.54, 1.807) is 30.5 Å². The summed E-state index contributed by atoms with van der Waals surface area (Å²) in [6.45, 7) is 7.92. The number of nitrogens with zero attached hydrogens (tertiary/aromatic N) is 3. The molecule has 0 saturated heterocycles. The highest BCUT2D eigenvalue weighted by Gasteiger charge is 2.35. The van der Waals surface area contributed by atoms with Crippen LogP contribution in [0, 0.1) is 27.7 Å². The molecule has 0 bridgehead atoms.